The van der Waals surface area contributed by atoms with Crippen molar-refractivity contribution in [2.75, 3.05) is 25.0 Å². The van der Waals surface area contributed by atoms with Crippen molar-refractivity contribution in [3.05, 3.63) is 29.8 Å². The molecular formula is C17H21N3O5. The van der Waals surface area contributed by atoms with Crippen molar-refractivity contribution in [3.63, 3.8) is 0 Å². The van der Waals surface area contributed by atoms with Crippen molar-refractivity contribution in [2.45, 2.75) is 19.8 Å². The topological polar surface area (TPSA) is 119 Å². The third-order valence-electron chi connectivity index (χ3n) is 4.05. The standard InChI is InChI=1S/C17H21N3O5/c1-2-25-17(24)12-5-3-4-6-13(12)19-15(22)16(23)20-9-7-11(8-10-20)14(18)21/h3-6,11H,2,7-10H2,1H3,(H2,18,21)(H,19,22). The van der Waals surface area contributed by atoms with E-state index in [-0.39, 0.29) is 29.7 Å². The van der Waals surface area contributed by atoms with Crippen LogP contribution in [0.1, 0.15) is 30.1 Å². The Hall–Kier alpha value is -2.90. The number of primary amides is 1. The zero-order valence-electron chi connectivity index (χ0n) is 14.0. The lowest BCUT2D eigenvalue weighted by molar-refractivity contribution is -0.144. The molecule has 3 N–H and O–H groups in total. The summed E-state index contributed by atoms with van der Waals surface area (Å²) in [5, 5.41) is 2.46. The van der Waals surface area contributed by atoms with Crippen LogP contribution in [-0.2, 0) is 19.1 Å². The number of piperidine rings is 1. The number of hydrogen-bond acceptors (Lipinski definition) is 5. The van der Waals surface area contributed by atoms with E-state index < -0.39 is 17.8 Å². The van der Waals surface area contributed by atoms with Gasteiger partial charge in [-0.2, -0.15) is 0 Å². The van der Waals surface area contributed by atoms with Gasteiger partial charge in [0, 0.05) is 19.0 Å². The third kappa shape index (κ3) is 4.56. The van der Waals surface area contributed by atoms with Crippen LogP contribution in [0.25, 0.3) is 0 Å². The maximum atomic E-state index is 12.3. The van der Waals surface area contributed by atoms with Crippen LogP contribution < -0.4 is 11.1 Å². The molecule has 0 spiro atoms. The number of likely N-dealkylation sites (tertiary alicyclic amines) is 1. The second kappa shape index (κ2) is 8.27. The monoisotopic (exact) mass is 347 g/mol. The number of nitrogens with zero attached hydrogens (tertiary/aromatic N) is 1. The number of nitrogens with one attached hydrogen (secondary N) is 1. The molecule has 1 aromatic rings. The number of carbonyl (C=O) groups excluding carboxylic acids is 4. The Bertz CT molecular complexity index is 681. The average Bonchev–Trinajstić information content (AvgIpc) is 2.61. The summed E-state index contributed by atoms with van der Waals surface area (Å²) in [7, 11) is 0. The molecule has 25 heavy (non-hydrogen) atoms. The van der Waals surface area contributed by atoms with Crippen molar-refractivity contribution >= 4 is 29.4 Å². The van der Waals surface area contributed by atoms with Crippen LogP contribution in [0.3, 0.4) is 0 Å². The zero-order valence-corrected chi connectivity index (χ0v) is 14.0. The number of benzene rings is 1. The van der Waals surface area contributed by atoms with E-state index >= 15 is 0 Å². The number of amides is 3. The molecule has 0 aliphatic carbocycles. The predicted molar refractivity (Wildman–Crippen MR) is 89.5 cm³/mol. The van der Waals surface area contributed by atoms with Crippen molar-refractivity contribution in [3.8, 4) is 0 Å². The molecule has 0 unspecified atom stereocenters. The average molecular weight is 347 g/mol. The van der Waals surface area contributed by atoms with Gasteiger partial charge in [0.2, 0.25) is 5.91 Å². The van der Waals surface area contributed by atoms with Gasteiger partial charge in [-0.1, -0.05) is 12.1 Å². The fourth-order valence-electron chi connectivity index (χ4n) is 2.67. The number of nitrogens with two attached hydrogens (primary N) is 1. The zero-order chi connectivity index (χ0) is 18.4. The first-order valence-corrected chi connectivity index (χ1v) is 8.09. The highest BCUT2D eigenvalue weighted by Crippen LogP contribution is 2.19. The highest BCUT2D eigenvalue weighted by molar-refractivity contribution is 6.39. The van der Waals surface area contributed by atoms with E-state index in [0.717, 1.165) is 0 Å². The summed E-state index contributed by atoms with van der Waals surface area (Å²) < 4.78 is 4.93. The number of carbonyl (C=O) groups is 4. The summed E-state index contributed by atoms with van der Waals surface area (Å²) in [6.07, 6.45) is 0.877. The molecule has 1 heterocycles. The first-order valence-electron chi connectivity index (χ1n) is 8.09. The Morgan fingerprint density at radius 3 is 2.44 bits per heavy atom. The van der Waals surface area contributed by atoms with Crippen molar-refractivity contribution in [1.82, 2.24) is 4.90 Å². The number of ether oxygens (including phenoxy) is 1. The van der Waals surface area contributed by atoms with Gasteiger partial charge in [0.15, 0.2) is 0 Å². The van der Waals surface area contributed by atoms with E-state index in [1.807, 2.05) is 0 Å². The SMILES string of the molecule is CCOC(=O)c1ccccc1NC(=O)C(=O)N1CCC(C(N)=O)CC1. The van der Waals surface area contributed by atoms with E-state index in [0.29, 0.717) is 25.9 Å². The molecule has 0 aromatic heterocycles. The first-order chi connectivity index (χ1) is 11.9. The van der Waals surface area contributed by atoms with Crippen LogP contribution in [-0.4, -0.2) is 48.3 Å². The maximum Gasteiger partial charge on any atom is 0.340 e. The summed E-state index contributed by atoms with van der Waals surface area (Å²) in [6, 6.07) is 6.31. The van der Waals surface area contributed by atoms with E-state index in [4.69, 9.17) is 10.5 Å². The largest absolute Gasteiger partial charge is 0.462 e. The molecule has 8 heteroatoms. The summed E-state index contributed by atoms with van der Waals surface area (Å²) in [4.78, 5) is 48.9. The minimum absolute atomic E-state index is 0.179. The number of hydrogen-bond donors (Lipinski definition) is 2. The van der Waals surface area contributed by atoms with E-state index in [1.54, 1.807) is 19.1 Å². The first kappa shape index (κ1) is 18.4. The normalized spacial score (nSPS) is 14.7. The molecule has 134 valence electrons. The lowest BCUT2D eigenvalue weighted by Crippen LogP contribution is -2.46. The highest BCUT2D eigenvalue weighted by atomic mass is 16.5. The van der Waals surface area contributed by atoms with Crippen LogP contribution in [0.5, 0.6) is 0 Å². The molecule has 0 radical (unpaired) electrons. The molecule has 0 saturated carbocycles. The lowest BCUT2D eigenvalue weighted by atomic mass is 9.96. The quantitative estimate of drug-likeness (QED) is 0.608. The Morgan fingerprint density at radius 2 is 1.84 bits per heavy atom. The maximum absolute atomic E-state index is 12.3. The van der Waals surface area contributed by atoms with Crippen molar-refractivity contribution < 1.29 is 23.9 Å². The van der Waals surface area contributed by atoms with Crippen LogP contribution in [0.15, 0.2) is 24.3 Å². The van der Waals surface area contributed by atoms with Gasteiger partial charge >= 0.3 is 17.8 Å². The highest BCUT2D eigenvalue weighted by Gasteiger charge is 2.29. The van der Waals surface area contributed by atoms with Crippen LogP contribution in [0.2, 0.25) is 0 Å². The second-order valence-electron chi connectivity index (χ2n) is 5.69. The molecule has 2 rings (SSSR count). The minimum atomic E-state index is -0.839. The number of anilines is 1. The lowest BCUT2D eigenvalue weighted by Gasteiger charge is -2.30. The Balaban J connectivity index is 2.02. The third-order valence-corrected chi connectivity index (χ3v) is 4.05. The van der Waals surface area contributed by atoms with E-state index in [2.05, 4.69) is 5.32 Å². The van der Waals surface area contributed by atoms with Gasteiger partial charge in [-0.3, -0.25) is 14.4 Å². The Kier molecular flexibility index (Phi) is 6.10. The molecule has 8 nitrogen and oxygen atoms in total. The molecule has 1 aromatic carbocycles. The van der Waals surface area contributed by atoms with Gasteiger partial charge in [0.05, 0.1) is 17.9 Å². The number of esters is 1. The van der Waals surface area contributed by atoms with Crippen molar-refractivity contribution in [2.24, 2.45) is 11.7 Å². The molecule has 1 saturated heterocycles. The fourth-order valence-corrected chi connectivity index (χ4v) is 2.67. The second-order valence-corrected chi connectivity index (χ2v) is 5.69. The molecule has 1 aliphatic rings. The van der Waals surface area contributed by atoms with Crippen LogP contribution in [0, 0.1) is 5.92 Å². The van der Waals surface area contributed by atoms with Gasteiger partial charge in [-0.05, 0) is 31.9 Å². The van der Waals surface area contributed by atoms with Gasteiger partial charge in [-0.25, -0.2) is 4.79 Å². The molecule has 1 aliphatic heterocycles. The molecular weight excluding hydrogens is 326 g/mol. The van der Waals surface area contributed by atoms with Crippen LogP contribution in [0.4, 0.5) is 5.69 Å². The van der Waals surface area contributed by atoms with E-state index in [9.17, 15) is 19.2 Å². The summed E-state index contributed by atoms with van der Waals surface area (Å²) in [5.74, 6) is -2.78. The predicted octanol–water partition coefficient (Wildman–Crippen LogP) is 0.526. The molecule has 0 atom stereocenters. The van der Waals surface area contributed by atoms with Gasteiger partial charge in [0.25, 0.3) is 0 Å². The smallest absolute Gasteiger partial charge is 0.340 e. The Morgan fingerprint density at radius 1 is 1.20 bits per heavy atom. The summed E-state index contributed by atoms with van der Waals surface area (Å²) in [6.45, 7) is 2.46. The van der Waals surface area contributed by atoms with Gasteiger partial charge < -0.3 is 20.7 Å². The summed E-state index contributed by atoms with van der Waals surface area (Å²) >= 11 is 0. The minimum Gasteiger partial charge on any atom is -0.462 e. The van der Waals surface area contributed by atoms with Crippen LogP contribution >= 0.6 is 0 Å². The molecule has 1 fully saturated rings. The fraction of sp³-hybridized carbons (Fsp3) is 0.412. The van der Waals surface area contributed by atoms with Crippen molar-refractivity contribution in [1.29, 1.82) is 0 Å². The molecule has 3 amide bonds. The van der Waals surface area contributed by atoms with Gasteiger partial charge in [-0.15, -0.1) is 0 Å². The van der Waals surface area contributed by atoms with Gasteiger partial charge in [0.1, 0.15) is 0 Å². The molecule has 0 bridgehead atoms. The Labute approximate surface area is 145 Å². The summed E-state index contributed by atoms with van der Waals surface area (Å²) in [5.41, 5.74) is 5.65. The number of rotatable bonds is 4. The number of para-hydroxylation sites is 1. The van der Waals surface area contributed by atoms with E-state index in [1.165, 1.54) is 17.0 Å².